The fourth-order valence-corrected chi connectivity index (χ4v) is 2.95. The molecule has 3 rings (SSSR count). The van der Waals surface area contributed by atoms with Crippen LogP contribution in [0.15, 0.2) is 33.4 Å². The van der Waals surface area contributed by atoms with Crippen molar-refractivity contribution in [3.63, 3.8) is 0 Å². The molecule has 0 spiro atoms. The first-order valence-electron chi connectivity index (χ1n) is 6.51. The quantitative estimate of drug-likeness (QED) is 0.845. The number of hydrogen-bond donors (Lipinski definition) is 0. The van der Waals surface area contributed by atoms with E-state index in [1.807, 2.05) is 24.0 Å². The molecular formula is C14H14BrN3O2. The molecule has 5 nitrogen and oxygen atoms in total. The SMILES string of the molecule is Cc1cc(C2CCCN2C(=O)c2ncccc2Br)on1. The molecule has 3 heterocycles. The zero-order valence-electron chi connectivity index (χ0n) is 11.0. The Kier molecular flexibility index (Phi) is 3.56. The molecule has 0 aliphatic carbocycles. The van der Waals surface area contributed by atoms with Crippen molar-refractivity contribution in [2.75, 3.05) is 6.54 Å². The van der Waals surface area contributed by atoms with Gasteiger partial charge in [-0.25, -0.2) is 4.98 Å². The van der Waals surface area contributed by atoms with Gasteiger partial charge in [-0.2, -0.15) is 0 Å². The molecule has 1 fully saturated rings. The van der Waals surface area contributed by atoms with E-state index in [0.717, 1.165) is 24.3 Å². The minimum Gasteiger partial charge on any atom is -0.359 e. The summed E-state index contributed by atoms with van der Waals surface area (Å²) in [5, 5.41) is 3.91. The molecule has 0 N–H and O–H groups in total. The lowest BCUT2D eigenvalue weighted by Crippen LogP contribution is -2.31. The molecule has 1 unspecified atom stereocenters. The fourth-order valence-electron chi connectivity index (χ4n) is 2.52. The first kappa shape index (κ1) is 13.3. The number of rotatable bonds is 2. The molecule has 0 aromatic carbocycles. The van der Waals surface area contributed by atoms with Gasteiger partial charge in [0.25, 0.3) is 5.91 Å². The number of hydrogen-bond acceptors (Lipinski definition) is 4. The summed E-state index contributed by atoms with van der Waals surface area (Å²) < 4.78 is 6.03. The Morgan fingerprint density at radius 3 is 3.10 bits per heavy atom. The summed E-state index contributed by atoms with van der Waals surface area (Å²) in [6.45, 7) is 2.59. The second-order valence-corrected chi connectivity index (χ2v) is 5.72. The number of aryl methyl sites for hydroxylation is 1. The van der Waals surface area contributed by atoms with Gasteiger partial charge in [0.15, 0.2) is 5.76 Å². The summed E-state index contributed by atoms with van der Waals surface area (Å²) in [6.07, 6.45) is 3.48. The summed E-state index contributed by atoms with van der Waals surface area (Å²) in [4.78, 5) is 18.6. The Hall–Kier alpha value is -1.69. The molecule has 1 saturated heterocycles. The first-order valence-corrected chi connectivity index (χ1v) is 7.31. The summed E-state index contributed by atoms with van der Waals surface area (Å²) in [7, 11) is 0. The zero-order valence-corrected chi connectivity index (χ0v) is 12.6. The van der Waals surface area contributed by atoms with Gasteiger partial charge in [-0.05, 0) is 47.8 Å². The van der Waals surface area contributed by atoms with Crippen molar-refractivity contribution in [1.29, 1.82) is 0 Å². The Morgan fingerprint density at radius 1 is 1.55 bits per heavy atom. The van der Waals surface area contributed by atoms with Gasteiger partial charge >= 0.3 is 0 Å². The molecule has 20 heavy (non-hydrogen) atoms. The van der Waals surface area contributed by atoms with Crippen LogP contribution >= 0.6 is 15.9 Å². The molecule has 6 heteroatoms. The van der Waals surface area contributed by atoms with E-state index >= 15 is 0 Å². The van der Waals surface area contributed by atoms with Gasteiger partial charge in [-0.3, -0.25) is 4.79 Å². The predicted octanol–water partition coefficient (Wildman–Crippen LogP) is 3.12. The summed E-state index contributed by atoms with van der Waals surface area (Å²) in [5.74, 6) is 0.675. The molecule has 0 radical (unpaired) electrons. The van der Waals surface area contributed by atoms with Crippen LogP contribution in [0.2, 0.25) is 0 Å². The number of pyridine rings is 1. The molecular weight excluding hydrogens is 322 g/mol. The molecule has 1 aliphatic rings. The Bertz CT molecular complexity index is 641. The third-order valence-electron chi connectivity index (χ3n) is 3.45. The molecule has 1 aliphatic heterocycles. The molecule has 2 aromatic heterocycles. The number of aromatic nitrogens is 2. The lowest BCUT2D eigenvalue weighted by atomic mass is 10.1. The summed E-state index contributed by atoms with van der Waals surface area (Å²) in [5.41, 5.74) is 1.27. The third-order valence-corrected chi connectivity index (χ3v) is 4.09. The number of amides is 1. The van der Waals surface area contributed by atoms with Crippen molar-refractivity contribution in [2.24, 2.45) is 0 Å². The van der Waals surface area contributed by atoms with Gasteiger partial charge in [0.2, 0.25) is 0 Å². The van der Waals surface area contributed by atoms with Crippen LogP contribution in [-0.2, 0) is 0 Å². The zero-order chi connectivity index (χ0) is 14.1. The second-order valence-electron chi connectivity index (χ2n) is 4.86. The lowest BCUT2D eigenvalue weighted by Gasteiger charge is -2.22. The van der Waals surface area contributed by atoms with Crippen molar-refractivity contribution in [3.8, 4) is 0 Å². The van der Waals surface area contributed by atoms with E-state index < -0.39 is 0 Å². The van der Waals surface area contributed by atoms with Crippen LogP contribution in [0, 0.1) is 6.92 Å². The van der Waals surface area contributed by atoms with E-state index in [1.165, 1.54) is 0 Å². The van der Waals surface area contributed by atoms with Crippen molar-refractivity contribution in [1.82, 2.24) is 15.0 Å². The number of halogens is 1. The second kappa shape index (κ2) is 5.36. The van der Waals surface area contributed by atoms with Gasteiger partial charge in [-0.15, -0.1) is 0 Å². The van der Waals surface area contributed by atoms with E-state index in [4.69, 9.17) is 4.52 Å². The maximum absolute atomic E-state index is 12.6. The van der Waals surface area contributed by atoms with Gasteiger partial charge in [0.05, 0.1) is 11.7 Å². The number of likely N-dealkylation sites (tertiary alicyclic amines) is 1. The van der Waals surface area contributed by atoms with Gasteiger partial charge in [-0.1, -0.05) is 5.16 Å². The third kappa shape index (κ3) is 2.35. The molecule has 2 aromatic rings. The topological polar surface area (TPSA) is 59.2 Å². The maximum Gasteiger partial charge on any atom is 0.274 e. The van der Waals surface area contributed by atoms with E-state index in [0.29, 0.717) is 16.7 Å². The highest BCUT2D eigenvalue weighted by Crippen LogP contribution is 2.33. The van der Waals surface area contributed by atoms with Crippen molar-refractivity contribution < 1.29 is 9.32 Å². The van der Waals surface area contributed by atoms with Crippen LogP contribution in [-0.4, -0.2) is 27.5 Å². The molecule has 0 bridgehead atoms. The maximum atomic E-state index is 12.6. The predicted molar refractivity (Wildman–Crippen MR) is 76.2 cm³/mol. The molecule has 1 amide bonds. The normalized spacial score (nSPS) is 18.5. The van der Waals surface area contributed by atoms with Gasteiger partial charge in [0, 0.05) is 23.3 Å². The van der Waals surface area contributed by atoms with Gasteiger partial charge in [0.1, 0.15) is 5.69 Å². The summed E-state index contributed by atoms with van der Waals surface area (Å²) in [6, 6.07) is 5.47. The monoisotopic (exact) mass is 335 g/mol. The van der Waals surface area contributed by atoms with Crippen molar-refractivity contribution in [3.05, 3.63) is 46.0 Å². The van der Waals surface area contributed by atoms with Crippen LogP contribution in [0.1, 0.15) is 40.8 Å². The average Bonchev–Trinajstić information content (AvgIpc) is 3.06. The summed E-state index contributed by atoms with van der Waals surface area (Å²) >= 11 is 3.38. The van der Waals surface area contributed by atoms with Crippen molar-refractivity contribution in [2.45, 2.75) is 25.8 Å². The fraction of sp³-hybridized carbons (Fsp3) is 0.357. The highest BCUT2D eigenvalue weighted by Gasteiger charge is 2.34. The van der Waals surface area contributed by atoms with E-state index in [1.54, 1.807) is 12.3 Å². The average molecular weight is 336 g/mol. The highest BCUT2D eigenvalue weighted by molar-refractivity contribution is 9.10. The minimum absolute atomic E-state index is 0.0439. The Balaban J connectivity index is 1.89. The number of nitrogens with zero attached hydrogens (tertiary/aromatic N) is 3. The van der Waals surface area contributed by atoms with E-state index in [9.17, 15) is 4.79 Å². The molecule has 104 valence electrons. The van der Waals surface area contributed by atoms with Gasteiger partial charge < -0.3 is 9.42 Å². The van der Waals surface area contributed by atoms with E-state index in [-0.39, 0.29) is 11.9 Å². The molecule has 1 atom stereocenters. The van der Waals surface area contributed by atoms with Crippen LogP contribution in [0.25, 0.3) is 0 Å². The van der Waals surface area contributed by atoms with Crippen LogP contribution in [0.4, 0.5) is 0 Å². The largest absolute Gasteiger partial charge is 0.359 e. The lowest BCUT2D eigenvalue weighted by molar-refractivity contribution is 0.0707. The van der Waals surface area contributed by atoms with Crippen LogP contribution in [0.5, 0.6) is 0 Å². The van der Waals surface area contributed by atoms with Crippen molar-refractivity contribution >= 4 is 21.8 Å². The first-order chi connectivity index (χ1) is 9.66. The molecule has 0 saturated carbocycles. The Labute approximate surface area is 125 Å². The van der Waals surface area contributed by atoms with E-state index in [2.05, 4.69) is 26.1 Å². The minimum atomic E-state index is -0.0750. The standard InChI is InChI=1S/C14H14BrN3O2/c1-9-8-12(20-17-9)11-5-3-7-18(11)14(19)13-10(15)4-2-6-16-13/h2,4,6,8,11H,3,5,7H2,1H3. The number of carbonyl (C=O) groups excluding carboxylic acids is 1. The number of carbonyl (C=O) groups is 1. The van der Waals surface area contributed by atoms with Crippen LogP contribution in [0.3, 0.4) is 0 Å². The van der Waals surface area contributed by atoms with Crippen LogP contribution < -0.4 is 0 Å². The Morgan fingerprint density at radius 2 is 2.40 bits per heavy atom. The highest BCUT2D eigenvalue weighted by atomic mass is 79.9. The smallest absolute Gasteiger partial charge is 0.274 e.